The maximum atomic E-state index is 12.6. The highest BCUT2D eigenvalue weighted by Gasteiger charge is 2.16. The molecule has 1 amide bonds. The molecule has 3 aromatic heterocycles. The third kappa shape index (κ3) is 4.75. The van der Waals surface area contributed by atoms with E-state index in [9.17, 15) is 9.59 Å². The predicted molar refractivity (Wildman–Crippen MR) is 113 cm³/mol. The van der Waals surface area contributed by atoms with Crippen molar-refractivity contribution >= 4 is 56.3 Å². The molecule has 0 unspecified atom stereocenters. The Kier molecular flexibility index (Phi) is 6.29. The molecule has 0 radical (unpaired) electrons. The van der Waals surface area contributed by atoms with E-state index in [2.05, 4.69) is 29.1 Å². The number of rotatable bonds is 7. The lowest BCUT2D eigenvalue weighted by Gasteiger charge is -2.04. The minimum absolute atomic E-state index is 0.0373. The summed E-state index contributed by atoms with van der Waals surface area (Å²) in [5.74, 6) is 1.15. The molecule has 3 heterocycles. The second kappa shape index (κ2) is 8.50. The molecule has 1 N–H and O–H groups in total. The predicted octanol–water partition coefficient (Wildman–Crippen LogP) is 4.33. The fourth-order valence-corrected chi connectivity index (χ4v) is 5.84. The van der Waals surface area contributed by atoms with Gasteiger partial charge in [0.25, 0.3) is 0 Å². The Morgan fingerprint density at radius 3 is 2.67 bits per heavy atom. The maximum absolute atomic E-state index is 12.6. The molecule has 0 fully saturated rings. The first-order chi connectivity index (χ1) is 12.8. The fraction of sp³-hybridized carbons (Fsp3) is 0.368. The molecule has 3 rings (SSSR count). The smallest absolute Gasteiger partial charge is 0.216 e. The van der Waals surface area contributed by atoms with E-state index in [4.69, 9.17) is 0 Å². The number of carbonyl (C=O) groups is 2. The molecule has 0 aromatic carbocycles. The Labute approximate surface area is 170 Å². The number of fused-ring (bicyclic) bond motifs is 1. The normalized spacial score (nSPS) is 11.1. The van der Waals surface area contributed by atoms with Crippen molar-refractivity contribution in [2.24, 2.45) is 0 Å². The van der Waals surface area contributed by atoms with E-state index in [0.29, 0.717) is 12.3 Å². The van der Waals surface area contributed by atoms with Crippen LogP contribution < -0.4 is 5.32 Å². The number of thiophene rings is 2. The molecule has 142 valence electrons. The van der Waals surface area contributed by atoms with Crippen LogP contribution in [0.25, 0.3) is 10.2 Å². The Bertz CT molecular complexity index is 1010. The third-order valence-electron chi connectivity index (χ3n) is 4.13. The van der Waals surface area contributed by atoms with Crippen LogP contribution in [0.15, 0.2) is 17.2 Å². The molecule has 0 bridgehead atoms. The number of aromatic nitrogens is 2. The number of nitrogens with one attached hydrogen (secondary N) is 1. The van der Waals surface area contributed by atoms with Crippen LogP contribution >= 0.6 is 34.4 Å². The molecule has 3 aromatic rings. The zero-order valence-electron chi connectivity index (χ0n) is 15.7. The second-order valence-corrected chi connectivity index (χ2v) is 9.59. The minimum Gasteiger partial charge on any atom is -0.356 e. The van der Waals surface area contributed by atoms with Crippen molar-refractivity contribution in [3.8, 4) is 0 Å². The molecule has 27 heavy (non-hydrogen) atoms. The van der Waals surface area contributed by atoms with Gasteiger partial charge in [0.05, 0.1) is 10.6 Å². The number of ketones is 1. The SMILES string of the molecule is CC(=O)NCCc1ccc(C(=O)CSc2nc(C)nc3sc(C)c(C)c23)s1. The van der Waals surface area contributed by atoms with Gasteiger partial charge in [-0.2, -0.15) is 0 Å². The topological polar surface area (TPSA) is 72.0 Å². The van der Waals surface area contributed by atoms with Crippen molar-refractivity contribution < 1.29 is 9.59 Å². The number of carbonyl (C=O) groups excluding carboxylic acids is 2. The average Bonchev–Trinajstić information content (AvgIpc) is 3.17. The van der Waals surface area contributed by atoms with Gasteiger partial charge in [0.2, 0.25) is 5.91 Å². The van der Waals surface area contributed by atoms with Crippen molar-refractivity contribution in [3.05, 3.63) is 38.2 Å². The first kappa shape index (κ1) is 20.0. The zero-order valence-corrected chi connectivity index (χ0v) is 18.2. The lowest BCUT2D eigenvalue weighted by Crippen LogP contribution is -2.22. The molecule has 0 aliphatic rings. The van der Waals surface area contributed by atoms with Crippen LogP contribution in [0, 0.1) is 20.8 Å². The van der Waals surface area contributed by atoms with Crippen LogP contribution in [0.5, 0.6) is 0 Å². The van der Waals surface area contributed by atoms with Crippen LogP contribution in [0.2, 0.25) is 0 Å². The van der Waals surface area contributed by atoms with Gasteiger partial charge in [-0.15, -0.1) is 22.7 Å². The average molecular weight is 420 g/mol. The minimum atomic E-state index is -0.0373. The summed E-state index contributed by atoms with van der Waals surface area (Å²) in [5, 5.41) is 4.73. The Morgan fingerprint density at radius 1 is 1.15 bits per heavy atom. The number of aryl methyl sites for hydroxylation is 3. The van der Waals surface area contributed by atoms with Gasteiger partial charge in [-0.25, -0.2) is 9.97 Å². The van der Waals surface area contributed by atoms with E-state index in [1.807, 2.05) is 19.1 Å². The van der Waals surface area contributed by atoms with Crippen LogP contribution in [0.1, 0.15) is 37.7 Å². The zero-order chi connectivity index (χ0) is 19.6. The van der Waals surface area contributed by atoms with E-state index < -0.39 is 0 Å². The summed E-state index contributed by atoms with van der Waals surface area (Å²) in [6.45, 7) is 8.15. The first-order valence-corrected chi connectivity index (χ1v) is 11.2. The highest BCUT2D eigenvalue weighted by molar-refractivity contribution is 8.00. The lowest BCUT2D eigenvalue weighted by atomic mass is 10.2. The number of amides is 1. The highest BCUT2D eigenvalue weighted by atomic mass is 32.2. The van der Waals surface area contributed by atoms with Gasteiger partial charge in [0.15, 0.2) is 5.78 Å². The van der Waals surface area contributed by atoms with E-state index in [1.165, 1.54) is 40.5 Å². The third-order valence-corrected chi connectivity index (χ3v) is 7.39. The van der Waals surface area contributed by atoms with Crippen molar-refractivity contribution in [2.45, 2.75) is 39.1 Å². The molecule has 0 atom stereocenters. The number of hydrogen-bond acceptors (Lipinski definition) is 7. The van der Waals surface area contributed by atoms with Crippen molar-refractivity contribution in [3.63, 3.8) is 0 Å². The van der Waals surface area contributed by atoms with Crippen LogP contribution in [0.3, 0.4) is 0 Å². The Morgan fingerprint density at radius 2 is 1.93 bits per heavy atom. The molecule has 0 saturated carbocycles. The molecule has 0 aliphatic heterocycles. The maximum Gasteiger partial charge on any atom is 0.216 e. The van der Waals surface area contributed by atoms with E-state index in [0.717, 1.165) is 37.2 Å². The van der Waals surface area contributed by atoms with Gasteiger partial charge in [-0.1, -0.05) is 11.8 Å². The van der Waals surface area contributed by atoms with Crippen LogP contribution in [-0.2, 0) is 11.2 Å². The van der Waals surface area contributed by atoms with Crippen LogP contribution in [-0.4, -0.2) is 34.0 Å². The molecule has 0 aliphatic carbocycles. The van der Waals surface area contributed by atoms with Crippen molar-refractivity contribution in [1.29, 1.82) is 0 Å². The van der Waals surface area contributed by atoms with E-state index in [1.54, 1.807) is 11.3 Å². The molecule has 8 heteroatoms. The summed E-state index contributed by atoms with van der Waals surface area (Å²) in [4.78, 5) is 36.7. The molecule has 0 spiro atoms. The first-order valence-electron chi connectivity index (χ1n) is 8.58. The Hall–Kier alpha value is -1.77. The Balaban J connectivity index is 1.68. The molecule has 0 saturated heterocycles. The summed E-state index contributed by atoms with van der Waals surface area (Å²) in [7, 11) is 0. The van der Waals surface area contributed by atoms with E-state index >= 15 is 0 Å². The molecular weight excluding hydrogens is 398 g/mol. The highest BCUT2D eigenvalue weighted by Crippen LogP contribution is 2.35. The van der Waals surface area contributed by atoms with Crippen molar-refractivity contribution in [1.82, 2.24) is 15.3 Å². The second-order valence-electron chi connectivity index (χ2n) is 6.25. The lowest BCUT2D eigenvalue weighted by molar-refractivity contribution is -0.118. The quantitative estimate of drug-likeness (QED) is 0.351. The van der Waals surface area contributed by atoms with Gasteiger partial charge >= 0.3 is 0 Å². The summed E-state index contributed by atoms with van der Waals surface area (Å²) in [5.41, 5.74) is 1.20. The van der Waals surface area contributed by atoms with Gasteiger partial charge in [0, 0.05) is 28.6 Å². The van der Waals surface area contributed by atoms with Gasteiger partial charge in [-0.05, 0) is 44.9 Å². The summed E-state index contributed by atoms with van der Waals surface area (Å²) in [6, 6.07) is 3.83. The molecule has 5 nitrogen and oxygen atoms in total. The number of Topliss-reactive ketones (excluding diaryl/α,β-unsaturated/α-hetero) is 1. The van der Waals surface area contributed by atoms with Gasteiger partial charge in [0.1, 0.15) is 15.7 Å². The standard InChI is InChI=1S/C19H21N3O2S3/c1-10-11(2)26-19-17(10)18(21-12(3)22-19)25-9-15(24)16-6-5-14(27-16)7-8-20-13(4)23/h5-6H,7-9H2,1-4H3,(H,20,23). The number of nitrogens with zero attached hydrogens (tertiary/aromatic N) is 2. The van der Waals surface area contributed by atoms with Crippen LogP contribution in [0.4, 0.5) is 0 Å². The monoisotopic (exact) mass is 419 g/mol. The van der Waals surface area contributed by atoms with E-state index in [-0.39, 0.29) is 11.7 Å². The molecular formula is C19H21N3O2S3. The number of hydrogen-bond donors (Lipinski definition) is 1. The van der Waals surface area contributed by atoms with Gasteiger partial charge < -0.3 is 5.32 Å². The summed E-state index contributed by atoms with van der Waals surface area (Å²) in [6.07, 6.45) is 0.740. The van der Waals surface area contributed by atoms with Gasteiger partial charge in [-0.3, -0.25) is 9.59 Å². The fourth-order valence-electron chi connectivity index (χ4n) is 2.65. The van der Waals surface area contributed by atoms with Crippen molar-refractivity contribution in [2.75, 3.05) is 12.3 Å². The number of thioether (sulfide) groups is 1. The summed E-state index contributed by atoms with van der Waals surface area (Å²) < 4.78 is 0. The largest absolute Gasteiger partial charge is 0.356 e. The summed E-state index contributed by atoms with van der Waals surface area (Å²) >= 11 is 4.65.